The Morgan fingerprint density at radius 2 is 1.59 bits per heavy atom. The first-order chi connectivity index (χ1) is 8.13. The summed E-state index contributed by atoms with van der Waals surface area (Å²) in [6, 6.07) is 0.838. The maximum atomic E-state index is 4.11. The van der Waals surface area contributed by atoms with E-state index in [-0.39, 0.29) is 0 Å². The van der Waals surface area contributed by atoms with E-state index >= 15 is 0 Å². The molecule has 0 saturated carbocycles. The van der Waals surface area contributed by atoms with Crippen molar-refractivity contribution in [1.82, 2.24) is 4.90 Å². The van der Waals surface area contributed by atoms with Gasteiger partial charge in [0.05, 0.1) is 5.70 Å². The second-order valence-corrected chi connectivity index (χ2v) is 3.52. The average Bonchev–Trinajstić information content (AvgIpc) is 2.59. The third-order valence-electron chi connectivity index (χ3n) is 2.88. The van der Waals surface area contributed by atoms with Crippen LogP contribution in [0, 0.1) is 0 Å². The molecule has 2 unspecified atom stereocenters. The molecule has 0 N–H and O–H groups in total. The van der Waals surface area contributed by atoms with Gasteiger partial charge in [-0.15, -0.1) is 0 Å². The maximum Gasteiger partial charge on any atom is 0.0612 e. The monoisotopic (exact) mass is 238 g/mol. The minimum atomic E-state index is 0.388. The molecule has 0 bridgehead atoms. The molecule has 0 aromatic rings. The summed E-state index contributed by atoms with van der Waals surface area (Å²) in [6.45, 7) is 18.0. The van der Waals surface area contributed by atoms with Gasteiger partial charge in [-0.3, -0.25) is 9.89 Å². The van der Waals surface area contributed by atoms with Crippen LogP contribution in [-0.2, 0) is 0 Å². The van der Waals surface area contributed by atoms with Crippen LogP contribution in [0.5, 0.6) is 0 Å². The molecule has 0 aromatic heterocycles. The van der Waals surface area contributed by atoms with E-state index < -0.39 is 0 Å². The topological polar surface area (TPSA) is 15.6 Å². The third kappa shape index (κ3) is 4.47. The number of hydrogen-bond acceptors (Lipinski definition) is 2. The molecule has 0 saturated heterocycles. The van der Waals surface area contributed by atoms with Gasteiger partial charge in [0.15, 0.2) is 0 Å². The van der Waals surface area contributed by atoms with Crippen molar-refractivity contribution in [2.45, 2.75) is 60.5 Å². The Balaban J connectivity index is 0. The first-order valence-electron chi connectivity index (χ1n) is 6.68. The summed E-state index contributed by atoms with van der Waals surface area (Å²) in [5.74, 6) is 0. The summed E-state index contributed by atoms with van der Waals surface area (Å²) in [5, 5.41) is 0. The maximum absolute atomic E-state index is 4.11. The van der Waals surface area contributed by atoms with Crippen LogP contribution < -0.4 is 0 Å². The van der Waals surface area contributed by atoms with Crippen LogP contribution in [0.1, 0.15) is 48.5 Å². The molecule has 2 atom stereocenters. The molecule has 1 heterocycles. The van der Waals surface area contributed by atoms with Crippen molar-refractivity contribution >= 4 is 6.72 Å². The SMILES string of the molecule is C=NC1=C(/C=C\C)C(C)N(C)C1C.CC.CC. The van der Waals surface area contributed by atoms with Gasteiger partial charge in [-0.05, 0) is 40.1 Å². The Kier molecular flexibility index (Phi) is 11.2. The first-order valence-corrected chi connectivity index (χ1v) is 6.68. The highest BCUT2D eigenvalue weighted by atomic mass is 15.2. The normalized spacial score (nSPS) is 24.0. The Morgan fingerprint density at radius 3 is 1.94 bits per heavy atom. The number of hydrogen-bond donors (Lipinski definition) is 0. The molecule has 0 aliphatic carbocycles. The molecule has 1 rings (SSSR count). The molecule has 0 aromatic carbocycles. The smallest absolute Gasteiger partial charge is 0.0612 e. The van der Waals surface area contributed by atoms with E-state index in [1.165, 1.54) is 5.57 Å². The standard InChI is InChI=1S/C11H18N2.2C2H6/c1-6-7-10-8(2)13(5)9(3)11(10)12-4;2*1-2/h6-9H,4H2,1-3,5H3;2*1-2H3/b7-6-;;. The van der Waals surface area contributed by atoms with Gasteiger partial charge in [-0.2, -0.15) is 0 Å². The highest BCUT2D eigenvalue weighted by molar-refractivity contribution is 5.42. The Hall–Kier alpha value is -0.890. The molecule has 0 amide bonds. The Morgan fingerprint density at radius 1 is 1.12 bits per heavy atom. The van der Waals surface area contributed by atoms with Crippen LogP contribution >= 0.6 is 0 Å². The zero-order valence-electron chi connectivity index (χ0n) is 12.9. The van der Waals surface area contributed by atoms with Gasteiger partial charge in [0.2, 0.25) is 0 Å². The minimum Gasteiger partial charge on any atom is -0.291 e. The average molecular weight is 238 g/mol. The van der Waals surface area contributed by atoms with Crippen LogP contribution in [-0.4, -0.2) is 30.7 Å². The zero-order chi connectivity index (χ0) is 14.0. The quantitative estimate of drug-likeness (QED) is 0.655. The molecular weight excluding hydrogens is 208 g/mol. The largest absolute Gasteiger partial charge is 0.291 e. The molecule has 0 radical (unpaired) electrons. The van der Waals surface area contributed by atoms with Crippen molar-refractivity contribution in [2.24, 2.45) is 4.99 Å². The summed E-state index contributed by atoms with van der Waals surface area (Å²) in [7, 11) is 2.12. The van der Waals surface area contributed by atoms with Crippen molar-refractivity contribution in [3.05, 3.63) is 23.4 Å². The number of nitrogens with zero attached hydrogens (tertiary/aromatic N) is 2. The zero-order valence-corrected chi connectivity index (χ0v) is 12.9. The summed E-state index contributed by atoms with van der Waals surface area (Å²) >= 11 is 0. The lowest BCUT2D eigenvalue weighted by Crippen LogP contribution is -2.30. The van der Waals surface area contributed by atoms with Crippen molar-refractivity contribution in [3.63, 3.8) is 0 Å². The molecule has 1 aliphatic heterocycles. The lowest BCUT2D eigenvalue weighted by molar-refractivity contribution is 0.276. The van der Waals surface area contributed by atoms with Crippen LogP contribution in [0.25, 0.3) is 0 Å². The van der Waals surface area contributed by atoms with Gasteiger partial charge in [0.1, 0.15) is 0 Å². The second-order valence-electron chi connectivity index (χ2n) is 3.52. The molecule has 0 spiro atoms. The minimum absolute atomic E-state index is 0.388. The van der Waals surface area contributed by atoms with Gasteiger partial charge in [-0.25, -0.2) is 0 Å². The summed E-state index contributed by atoms with van der Waals surface area (Å²) in [5.41, 5.74) is 2.42. The van der Waals surface area contributed by atoms with Crippen LogP contribution in [0.2, 0.25) is 0 Å². The fourth-order valence-corrected chi connectivity index (χ4v) is 1.83. The van der Waals surface area contributed by atoms with Crippen LogP contribution in [0.15, 0.2) is 28.4 Å². The molecule has 100 valence electrons. The molecule has 17 heavy (non-hydrogen) atoms. The highest BCUT2D eigenvalue weighted by Gasteiger charge is 2.30. The van der Waals surface area contributed by atoms with E-state index in [4.69, 9.17) is 0 Å². The molecule has 0 fully saturated rings. The second kappa shape index (κ2) is 10.3. The molecule has 2 heteroatoms. The highest BCUT2D eigenvalue weighted by Crippen LogP contribution is 2.30. The lowest BCUT2D eigenvalue weighted by atomic mass is 10.1. The third-order valence-corrected chi connectivity index (χ3v) is 2.88. The van der Waals surface area contributed by atoms with Crippen LogP contribution in [0.3, 0.4) is 0 Å². The van der Waals surface area contributed by atoms with Crippen molar-refractivity contribution < 1.29 is 0 Å². The van der Waals surface area contributed by atoms with Gasteiger partial charge in [0.25, 0.3) is 0 Å². The van der Waals surface area contributed by atoms with Gasteiger partial charge >= 0.3 is 0 Å². The van der Waals surface area contributed by atoms with Crippen molar-refractivity contribution in [1.29, 1.82) is 0 Å². The first kappa shape index (κ1) is 18.5. The van der Waals surface area contributed by atoms with E-state index in [9.17, 15) is 0 Å². The predicted molar refractivity (Wildman–Crippen MR) is 80.8 cm³/mol. The number of allylic oxidation sites excluding steroid dienone is 1. The fourth-order valence-electron chi connectivity index (χ4n) is 1.83. The van der Waals surface area contributed by atoms with Crippen molar-refractivity contribution in [3.8, 4) is 0 Å². The van der Waals surface area contributed by atoms with E-state index in [2.05, 4.69) is 49.7 Å². The Labute approximate surface area is 108 Å². The Bertz CT molecular complexity index is 264. The van der Waals surface area contributed by atoms with Gasteiger partial charge in [0, 0.05) is 12.1 Å². The van der Waals surface area contributed by atoms with E-state index in [1.54, 1.807) is 0 Å². The van der Waals surface area contributed by atoms with Crippen LogP contribution in [0.4, 0.5) is 0 Å². The van der Waals surface area contributed by atoms with Crippen molar-refractivity contribution in [2.75, 3.05) is 7.05 Å². The number of likely N-dealkylation sites (N-methyl/N-ethyl adjacent to an activating group) is 1. The van der Waals surface area contributed by atoms with Gasteiger partial charge in [-0.1, -0.05) is 39.8 Å². The summed E-state index contributed by atoms with van der Waals surface area (Å²) in [6.07, 6.45) is 4.19. The molecule has 2 nitrogen and oxygen atoms in total. The van der Waals surface area contributed by atoms with Gasteiger partial charge < -0.3 is 0 Å². The summed E-state index contributed by atoms with van der Waals surface area (Å²) in [4.78, 5) is 6.41. The summed E-state index contributed by atoms with van der Waals surface area (Å²) < 4.78 is 0. The number of aliphatic imine (C=N–C) groups is 1. The fraction of sp³-hybridized carbons (Fsp3) is 0.667. The molecule has 1 aliphatic rings. The predicted octanol–water partition coefficient (Wildman–Crippen LogP) is 4.29. The molecular formula is C15H30N2. The van der Waals surface area contributed by atoms with E-state index in [0.717, 1.165) is 5.70 Å². The lowest BCUT2D eigenvalue weighted by Gasteiger charge is -2.21. The number of rotatable bonds is 2. The van der Waals surface area contributed by atoms with E-state index in [0.29, 0.717) is 12.1 Å². The van der Waals surface area contributed by atoms with E-state index in [1.807, 2.05) is 34.6 Å².